The maximum Gasteiger partial charge on any atom is 0.193 e. The van der Waals surface area contributed by atoms with Crippen LogP contribution in [0.25, 0.3) is 0 Å². The van der Waals surface area contributed by atoms with Gasteiger partial charge in [-0.25, -0.2) is 0 Å². The molecular formula is C18H21NO. The molecule has 2 rings (SSSR count). The highest BCUT2D eigenvalue weighted by molar-refractivity contribution is 6.10. The molecule has 0 amide bonds. The lowest BCUT2D eigenvalue weighted by Crippen LogP contribution is -2.07. The minimum atomic E-state index is 0.0875. The van der Waals surface area contributed by atoms with Crippen LogP contribution < -0.4 is 5.73 Å². The van der Waals surface area contributed by atoms with Crippen molar-refractivity contribution in [3.05, 3.63) is 69.8 Å². The number of aryl methyl sites for hydroxylation is 3. The fraction of sp³-hybridized carbons (Fsp3) is 0.278. The van der Waals surface area contributed by atoms with E-state index in [1.54, 1.807) is 0 Å². The summed E-state index contributed by atoms with van der Waals surface area (Å²) in [4.78, 5) is 12.7. The first-order chi connectivity index (χ1) is 9.52. The van der Waals surface area contributed by atoms with Crippen LogP contribution in [0.15, 0.2) is 36.4 Å². The predicted molar refractivity (Wildman–Crippen MR) is 83.3 cm³/mol. The summed E-state index contributed by atoms with van der Waals surface area (Å²) in [7, 11) is 0. The predicted octanol–water partition coefficient (Wildman–Crippen LogP) is 3.34. The fourth-order valence-corrected chi connectivity index (χ4v) is 2.40. The molecule has 0 saturated carbocycles. The highest BCUT2D eigenvalue weighted by Crippen LogP contribution is 2.19. The second-order valence-electron chi connectivity index (χ2n) is 5.32. The van der Waals surface area contributed by atoms with Gasteiger partial charge in [-0.05, 0) is 68.1 Å². The number of hydrogen-bond acceptors (Lipinski definition) is 2. The second-order valence-corrected chi connectivity index (χ2v) is 5.32. The maximum absolute atomic E-state index is 12.7. The van der Waals surface area contributed by atoms with Gasteiger partial charge in [-0.3, -0.25) is 4.79 Å². The van der Waals surface area contributed by atoms with Crippen molar-refractivity contribution in [1.82, 2.24) is 0 Å². The van der Waals surface area contributed by atoms with Crippen LogP contribution >= 0.6 is 0 Å². The largest absolute Gasteiger partial charge is 0.330 e. The molecule has 2 aromatic rings. The zero-order valence-electron chi connectivity index (χ0n) is 12.4. The van der Waals surface area contributed by atoms with Crippen molar-refractivity contribution in [2.75, 3.05) is 6.54 Å². The molecule has 104 valence electrons. The minimum Gasteiger partial charge on any atom is -0.330 e. The molecule has 0 unspecified atom stereocenters. The second kappa shape index (κ2) is 6.02. The summed E-state index contributed by atoms with van der Waals surface area (Å²) < 4.78 is 0. The number of carbonyl (C=O) groups excluding carboxylic acids is 1. The van der Waals surface area contributed by atoms with E-state index in [4.69, 9.17) is 5.73 Å². The molecule has 0 atom stereocenters. The first kappa shape index (κ1) is 14.5. The number of nitrogens with two attached hydrogens (primary N) is 1. The Morgan fingerprint density at radius 1 is 1.00 bits per heavy atom. The van der Waals surface area contributed by atoms with E-state index in [0.29, 0.717) is 6.54 Å². The van der Waals surface area contributed by atoms with E-state index in [1.807, 2.05) is 44.2 Å². The zero-order chi connectivity index (χ0) is 14.7. The van der Waals surface area contributed by atoms with Crippen molar-refractivity contribution in [2.45, 2.75) is 27.2 Å². The third kappa shape index (κ3) is 2.97. The topological polar surface area (TPSA) is 43.1 Å². The van der Waals surface area contributed by atoms with Gasteiger partial charge in [0.25, 0.3) is 0 Å². The number of hydrogen-bond donors (Lipinski definition) is 1. The van der Waals surface area contributed by atoms with Gasteiger partial charge in [0, 0.05) is 11.1 Å². The van der Waals surface area contributed by atoms with Crippen molar-refractivity contribution in [3.63, 3.8) is 0 Å². The minimum absolute atomic E-state index is 0.0875. The van der Waals surface area contributed by atoms with E-state index in [0.717, 1.165) is 34.2 Å². The monoisotopic (exact) mass is 267 g/mol. The lowest BCUT2D eigenvalue weighted by atomic mass is 9.94. The lowest BCUT2D eigenvalue weighted by molar-refractivity contribution is 0.103. The Morgan fingerprint density at radius 3 is 2.40 bits per heavy atom. The molecule has 0 radical (unpaired) electrons. The lowest BCUT2D eigenvalue weighted by Gasteiger charge is -2.10. The van der Waals surface area contributed by atoms with Crippen molar-refractivity contribution in [3.8, 4) is 0 Å². The van der Waals surface area contributed by atoms with Crippen LogP contribution in [-0.2, 0) is 6.42 Å². The van der Waals surface area contributed by atoms with Crippen molar-refractivity contribution >= 4 is 5.78 Å². The summed E-state index contributed by atoms with van der Waals surface area (Å²) >= 11 is 0. The number of ketones is 1. The molecule has 0 aliphatic rings. The molecule has 2 aromatic carbocycles. The van der Waals surface area contributed by atoms with Crippen LogP contribution in [0.1, 0.15) is 38.2 Å². The van der Waals surface area contributed by atoms with Crippen LogP contribution in [-0.4, -0.2) is 12.3 Å². The molecule has 0 aliphatic carbocycles. The Kier molecular flexibility index (Phi) is 4.35. The van der Waals surface area contributed by atoms with E-state index >= 15 is 0 Å². The van der Waals surface area contributed by atoms with Gasteiger partial charge in [-0.1, -0.05) is 24.3 Å². The molecular weight excluding hydrogens is 246 g/mol. The maximum atomic E-state index is 12.7. The van der Waals surface area contributed by atoms with Gasteiger partial charge in [0.1, 0.15) is 0 Å². The molecule has 2 N–H and O–H groups in total. The zero-order valence-corrected chi connectivity index (χ0v) is 12.4. The molecule has 20 heavy (non-hydrogen) atoms. The summed E-state index contributed by atoms with van der Waals surface area (Å²) in [6, 6.07) is 11.8. The highest BCUT2D eigenvalue weighted by atomic mass is 16.1. The van der Waals surface area contributed by atoms with E-state index in [-0.39, 0.29) is 5.78 Å². The first-order valence-electron chi connectivity index (χ1n) is 6.94. The molecule has 0 saturated heterocycles. The third-order valence-electron chi connectivity index (χ3n) is 3.71. The molecule has 0 heterocycles. The Bertz CT molecular complexity index is 644. The molecule has 0 fully saturated rings. The smallest absolute Gasteiger partial charge is 0.193 e. The highest BCUT2D eigenvalue weighted by Gasteiger charge is 2.13. The number of carbonyl (C=O) groups is 1. The van der Waals surface area contributed by atoms with Gasteiger partial charge in [0.2, 0.25) is 0 Å². The Hall–Kier alpha value is -1.93. The van der Waals surface area contributed by atoms with Gasteiger partial charge < -0.3 is 5.73 Å². The van der Waals surface area contributed by atoms with Crippen LogP contribution in [0.2, 0.25) is 0 Å². The van der Waals surface area contributed by atoms with Crippen molar-refractivity contribution < 1.29 is 4.79 Å². The van der Waals surface area contributed by atoms with E-state index in [1.165, 1.54) is 5.56 Å². The van der Waals surface area contributed by atoms with Crippen molar-refractivity contribution in [1.29, 1.82) is 0 Å². The van der Waals surface area contributed by atoms with Crippen LogP contribution in [0.3, 0.4) is 0 Å². The SMILES string of the molecule is Cc1cc(C)c(C(=O)c2cccc(CCN)c2)cc1C. The molecule has 0 aliphatic heterocycles. The Balaban J connectivity index is 2.41. The van der Waals surface area contributed by atoms with Gasteiger partial charge in [-0.2, -0.15) is 0 Å². The molecule has 0 bridgehead atoms. The normalized spacial score (nSPS) is 10.6. The van der Waals surface area contributed by atoms with E-state index in [2.05, 4.69) is 13.0 Å². The van der Waals surface area contributed by atoms with E-state index in [9.17, 15) is 4.79 Å². The van der Waals surface area contributed by atoms with Gasteiger partial charge in [-0.15, -0.1) is 0 Å². The van der Waals surface area contributed by atoms with E-state index < -0.39 is 0 Å². The number of rotatable bonds is 4. The molecule has 2 nitrogen and oxygen atoms in total. The average molecular weight is 267 g/mol. The standard InChI is InChI=1S/C18H21NO/c1-12-9-14(3)17(10-13(12)2)18(20)16-6-4-5-15(11-16)7-8-19/h4-6,9-11H,7-8,19H2,1-3H3. The van der Waals surface area contributed by atoms with Crippen molar-refractivity contribution in [2.24, 2.45) is 5.73 Å². The summed E-state index contributed by atoms with van der Waals surface area (Å²) in [6.45, 7) is 6.69. The third-order valence-corrected chi connectivity index (χ3v) is 3.71. The van der Waals surface area contributed by atoms with Crippen LogP contribution in [0, 0.1) is 20.8 Å². The molecule has 0 aromatic heterocycles. The first-order valence-corrected chi connectivity index (χ1v) is 6.94. The molecule has 0 spiro atoms. The van der Waals surface area contributed by atoms with Gasteiger partial charge in [0.05, 0.1) is 0 Å². The molecule has 2 heteroatoms. The summed E-state index contributed by atoms with van der Waals surface area (Å²) in [5.74, 6) is 0.0875. The number of benzene rings is 2. The Labute approximate surface area is 120 Å². The quantitative estimate of drug-likeness (QED) is 0.863. The van der Waals surface area contributed by atoms with Gasteiger partial charge >= 0.3 is 0 Å². The van der Waals surface area contributed by atoms with Crippen LogP contribution in [0.5, 0.6) is 0 Å². The summed E-state index contributed by atoms with van der Waals surface area (Å²) in [5.41, 5.74) is 11.6. The average Bonchev–Trinajstić information content (AvgIpc) is 2.43. The summed E-state index contributed by atoms with van der Waals surface area (Å²) in [6.07, 6.45) is 0.799. The Morgan fingerprint density at radius 2 is 1.70 bits per heavy atom. The fourth-order valence-electron chi connectivity index (χ4n) is 2.40. The van der Waals surface area contributed by atoms with Gasteiger partial charge in [0.15, 0.2) is 5.78 Å². The summed E-state index contributed by atoms with van der Waals surface area (Å²) in [5, 5.41) is 0. The van der Waals surface area contributed by atoms with Crippen LogP contribution in [0.4, 0.5) is 0 Å².